The number of ether oxygens (including phenoxy) is 2. The normalized spacial score (nSPS) is 14.9. The van der Waals surface area contributed by atoms with Gasteiger partial charge in [0.25, 0.3) is 5.91 Å². The predicted octanol–water partition coefficient (Wildman–Crippen LogP) is 3.75. The van der Waals surface area contributed by atoms with Gasteiger partial charge in [-0.25, -0.2) is 9.59 Å². The van der Waals surface area contributed by atoms with Crippen molar-refractivity contribution in [2.75, 3.05) is 13.7 Å². The number of urea groups is 1. The van der Waals surface area contributed by atoms with E-state index in [0.717, 1.165) is 10.5 Å². The zero-order valence-electron chi connectivity index (χ0n) is 15.3. The Bertz CT molecular complexity index is 971. The van der Waals surface area contributed by atoms with Crippen LogP contribution >= 0.6 is 27.5 Å². The molecule has 1 aliphatic heterocycles. The average Bonchev–Trinajstić information content (AvgIpc) is 2.95. The fourth-order valence-electron chi connectivity index (χ4n) is 2.64. The van der Waals surface area contributed by atoms with Crippen molar-refractivity contribution in [1.29, 1.82) is 0 Å². The van der Waals surface area contributed by atoms with Crippen molar-refractivity contribution in [2.45, 2.75) is 6.54 Å². The number of benzene rings is 2. The summed E-state index contributed by atoms with van der Waals surface area (Å²) in [6, 6.07) is 11.9. The van der Waals surface area contributed by atoms with Gasteiger partial charge in [0.15, 0.2) is 12.4 Å². The van der Waals surface area contributed by atoms with E-state index in [2.05, 4.69) is 26.0 Å². The molecule has 7 nitrogen and oxygen atoms in total. The topological polar surface area (TPSA) is 84.9 Å². The van der Waals surface area contributed by atoms with Crippen LogP contribution in [0.4, 0.5) is 4.79 Å². The van der Waals surface area contributed by atoms with Crippen molar-refractivity contribution in [1.82, 2.24) is 10.2 Å². The lowest BCUT2D eigenvalue weighted by molar-refractivity contribution is -0.142. The average molecular weight is 480 g/mol. The SMILES string of the molecule is COC(=O)COc1c(Cl)cc(/C=C2/NC(=O)N(Cc3ccccc3)C2=O)cc1Br. The molecule has 0 saturated carbocycles. The van der Waals surface area contributed by atoms with Crippen LogP contribution in [0.2, 0.25) is 5.02 Å². The first-order valence-corrected chi connectivity index (χ1v) is 9.63. The number of nitrogens with zero attached hydrogens (tertiary/aromatic N) is 1. The highest BCUT2D eigenvalue weighted by Gasteiger charge is 2.33. The summed E-state index contributed by atoms with van der Waals surface area (Å²) in [7, 11) is 1.26. The molecule has 1 saturated heterocycles. The summed E-state index contributed by atoms with van der Waals surface area (Å²) >= 11 is 9.56. The predicted molar refractivity (Wildman–Crippen MR) is 110 cm³/mol. The van der Waals surface area contributed by atoms with Gasteiger partial charge in [-0.1, -0.05) is 41.9 Å². The first kappa shape index (κ1) is 20.9. The maximum Gasteiger partial charge on any atom is 0.343 e. The standard InChI is InChI=1S/C20H16BrClN2O5/c1-28-17(25)11-29-18-14(21)7-13(8-15(18)22)9-16-19(26)24(20(27)23-16)10-12-5-3-2-4-6-12/h2-9H,10-11H2,1H3,(H,23,27)/b16-9+. The molecule has 0 bridgehead atoms. The number of carbonyl (C=O) groups excluding carboxylic acids is 3. The van der Waals surface area contributed by atoms with Gasteiger partial charge < -0.3 is 14.8 Å². The maximum atomic E-state index is 12.6. The van der Waals surface area contributed by atoms with Gasteiger partial charge in [-0.3, -0.25) is 9.69 Å². The number of amides is 3. The Morgan fingerprint density at radius 1 is 1.24 bits per heavy atom. The number of esters is 1. The van der Waals surface area contributed by atoms with Crippen molar-refractivity contribution in [2.24, 2.45) is 0 Å². The Balaban J connectivity index is 1.78. The van der Waals surface area contributed by atoms with E-state index < -0.39 is 17.9 Å². The number of halogens is 2. The molecule has 0 unspecified atom stereocenters. The lowest BCUT2D eigenvalue weighted by Crippen LogP contribution is -2.30. The molecule has 3 amide bonds. The summed E-state index contributed by atoms with van der Waals surface area (Å²) in [4.78, 5) is 37.2. The summed E-state index contributed by atoms with van der Waals surface area (Å²) in [5, 5.41) is 2.80. The van der Waals surface area contributed by atoms with Crippen molar-refractivity contribution in [3.63, 3.8) is 0 Å². The quantitative estimate of drug-likeness (QED) is 0.387. The minimum Gasteiger partial charge on any atom is -0.479 e. The Hall–Kier alpha value is -2.84. The highest BCUT2D eigenvalue weighted by atomic mass is 79.9. The van der Waals surface area contributed by atoms with Crippen LogP contribution in [0.5, 0.6) is 5.75 Å². The molecular formula is C20H16BrClN2O5. The molecule has 0 aliphatic carbocycles. The first-order chi connectivity index (χ1) is 13.9. The molecular weight excluding hydrogens is 464 g/mol. The van der Waals surface area contributed by atoms with Gasteiger partial charge in [0.2, 0.25) is 0 Å². The van der Waals surface area contributed by atoms with Gasteiger partial charge in [-0.2, -0.15) is 0 Å². The van der Waals surface area contributed by atoms with E-state index >= 15 is 0 Å². The second-order valence-electron chi connectivity index (χ2n) is 6.04. The molecule has 3 rings (SSSR count). The fraction of sp³-hybridized carbons (Fsp3) is 0.150. The largest absolute Gasteiger partial charge is 0.479 e. The van der Waals surface area contributed by atoms with E-state index in [-0.39, 0.29) is 29.6 Å². The van der Waals surface area contributed by atoms with Gasteiger partial charge in [0.05, 0.1) is 23.1 Å². The first-order valence-electron chi connectivity index (χ1n) is 8.46. The van der Waals surface area contributed by atoms with Crippen LogP contribution in [0.25, 0.3) is 6.08 Å². The monoisotopic (exact) mass is 478 g/mol. The number of rotatable bonds is 6. The third kappa shape index (κ3) is 4.96. The summed E-state index contributed by atoms with van der Waals surface area (Å²) in [6.07, 6.45) is 1.52. The number of nitrogens with one attached hydrogen (secondary N) is 1. The van der Waals surface area contributed by atoms with Crippen LogP contribution in [0.3, 0.4) is 0 Å². The molecule has 0 radical (unpaired) electrons. The summed E-state index contributed by atoms with van der Waals surface area (Å²) in [6.45, 7) is -0.119. The lowest BCUT2D eigenvalue weighted by Gasteiger charge is -2.11. The number of methoxy groups -OCH3 is 1. The molecule has 2 aromatic rings. The fourth-order valence-corrected chi connectivity index (χ4v) is 3.63. The summed E-state index contributed by atoms with van der Waals surface area (Å²) in [5.41, 5.74) is 1.55. The van der Waals surface area contributed by atoms with E-state index in [1.54, 1.807) is 12.1 Å². The molecule has 1 fully saturated rings. The minimum atomic E-state index is -0.545. The molecule has 29 heavy (non-hydrogen) atoms. The Morgan fingerprint density at radius 3 is 2.62 bits per heavy atom. The van der Waals surface area contributed by atoms with Crippen LogP contribution in [-0.4, -0.2) is 36.5 Å². The third-order valence-electron chi connectivity index (χ3n) is 4.04. The molecule has 1 heterocycles. The van der Waals surface area contributed by atoms with Gasteiger partial charge in [-0.05, 0) is 45.3 Å². The highest BCUT2D eigenvalue weighted by Crippen LogP contribution is 2.35. The molecule has 9 heteroatoms. The second kappa shape index (κ2) is 9.11. The molecule has 2 aromatic carbocycles. The molecule has 0 atom stereocenters. The van der Waals surface area contributed by atoms with Crippen LogP contribution in [0.1, 0.15) is 11.1 Å². The van der Waals surface area contributed by atoms with Crippen molar-refractivity contribution < 1.29 is 23.9 Å². The van der Waals surface area contributed by atoms with E-state index in [0.29, 0.717) is 10.0 Å². The lowest BCUT2D eigenvalue weighted by atomic mass is 10.1. The van der Waals surface area contributed by atoms with E-state index in [9.17, 15) is 14.4 Å². The van der Waals surface area contributed by atoms with Crippen molar-refractivity contribution >= 4 is 51.5 Å². The zero-order valence-corrected chi connectivity index (χ0v) is 17.6. The summed E-state index contributed by atoms with van der Waals surface area (Å²) < 4.78 is 10.4. The van der Waals surface area contributed by atoms with Crippen LogP contribution in [0.15, 0.2) is 52.6 Å². The van der Waals surface area contributed by atoms with E-state index in [1.165, 1.54) is 13.2 Å². The van der Waals surface area contributed by atoms with Gasteiger partial charge >= 0.3 is 12.0 Å². The molecule has 0 spiro atoms. The van der Waals surface area contributed by atoms with Gasteiger partial charge in [0.1, 0.15) is 5.70 Å². The van der Waals surface area contributed by atoms with Crippen LogP contribution in [-0.2, 0) is 20.9 Å². The Kier molecular flexibility index (Phi) is 6.56. The smallest absolute Gasteiger partial charge is 0.343 e. The maximum absolute atomic E-state index is 12.6. The molecule has 1 N–H and O–H groups in total. The van der Waals surface area contributed by atoms with E-state index in [1.807, 2.05) is 30.3 Å². The van der Waals surface area contributed by atoms with Gasteiger partial charge in [0, 0.05) is 0 Å². The Labute approximate surface area is 180 Å². The number of hydrogen-bond acceptors (Lipinski definition) is 5. The highest BCUT2D eigenvalue weighted by molar-refractivity contribution is 9.10. The number of imide groups is 1. The second-order valence-corrected chi connectivity index (χ2v) is 7.31. The van der Waals surface area contributed by atoms with Crippen molar-refractivity contribution in [3.05, 3.63) is 68.8 Å². The van der Waals surface area contributed by atoms with Gasteiger partial charge in [-0.15, -0.1) is 0 Å². The number of hydrogen-bond donors (Lipinski definition) is 1. The number of carbonyl (C=O) groups is 3. The third-order valence-corrected chi connectivity index (χ3v) is 4.91. The van der Waals surface area contributed by atoms with Crippen molar-refractivity contribution in [3.8, 4) is 5.75 Å². The van der Waals surface area contributed by atoms with Crippen LogP contribution < -0.4 is 10.1 Å². The molecule has 150 valence electrons. The molecule has 1 aliphatic rings. The minimum absolute atomic E-state index is 0.136. The molecule has 0 aromatic heterocycles. The van der Waals surface area contributed by atoms with Crippen LogP contribution in [0, 0.1) is 0 Å². The zero-order chi connectivity index (χ0) is 21.0. The van der Waals surface area contributed by atoms with E-state index in [4.69, 9.17) is 16.3 Å². The Morgan fingerprint density at radius 2 is 1.97 bits per heavy atom. The summed E-state index contributed by atoms with van der Waals surface area (Å²) in [5.74, 6) is -0.708.